The van der Waals surface area contributed by atoms with E-state index >= 15 is 0 Å². The second-order valence-corrected chi connectivity index (χ2v) is 4.83. The smallest absolute Gasteiger partial charge is 0.304 e. The van der Waals surface area contributed by atoms with E-state index in [1.165, 1.54) is 19.2 Å². The number of hydrogen-bond donors (Lipinski definition) is 1. The van der Waals surface area contributed by atoms with E-state index in [0.717, 1.165) is 0 Å². The SMILES string of the molecule is COc1c(F)cc(C(C)(C)CC(=O)O)cc1Cl. The topological polar surface area (TPSA) is 46.5 Å². The van der Waals surface area contributed by atoms with Crippen LogP contribution in [0.1, 0.15) is 25.8 Å². The number of benzene rings is 1. The van der Waals surface area contributed by atoms with Crippen LogP contribution in [-0.2, 0) is 10.2 Å². The van der Waals surface area contributed by atoms with Gasteiger partial charge in [-0.05, 0) is 17.7 Å². The molecular formula is C12H14ClFO3. The van der Waals surface area contributed by atoms with E-state index in [2.05, 4.69) is 0 Å². The first-order valence-electron chi connectivity index (χ1n) is 5.03. The highest BCUT2D eigenvalue weighted by Crippen LogP contribution is 2.35. The lowest BCUT2D eigenvalue weighted by atomic mass is 9.81. The second-order valence-electron chi connectivity index (χ2n) is 4.43. The summed E-state index contributed by atoms with van der Waals surface area (Å²) in [6.07, 6.45) is -0.102. The van der Waals surface area contributed by atoms with E-state index in [-0.39, 0.29) is 17.2 Å². The summed E-state index contributed by atoms with van der Waals surface area (Å²) in [6.45, 7) is 3.44. The predicted molar refractivity (Wildman–Crippen MR) is 63.2 cm³/mol. The molecule has 17 heavy (non-hydrogen) atoms. The zero-order valence-electron chi connectivity index (χ0n) is 9.88. The fourth-order valence-electron chi connectivity index (χ4n) is 1.63. The summed E-state index contributed by atoms with van der Waals surface area (Å²) in [7, 11) is 1.33. The van der Waals surface area contributed by atoms with E-state index < -0.39 is 17.2 Å². The van der Waals surface area contributed by atoms with Crippen LogP contribution in [-0.4, -0.2) is 18.2 Å². The summed E-state index contributed by atoms with van der Waals surface area (Å²) in [4.78, 5) is 10.7. The quantitative estimate of drug-likeness (QED) is 0.904. The van der Waals surface area contributed by atoms with Crippen molar-refractivity contribution in [3.63, 3.8) is 0 Å². The Bertz CT molecular complexity index is 420. The Labute approximate surface area is 104 Å². The first-order valence-corrected chi connectivity index (χ1v) is 5.41. The van der Waals surface area contributed by atoms with Crippen LogP contribution in [0.2, 0.25) is 5.02 Å². The monoisotopic (exact) mass is 260 g/mol. The average Bonchev–Trinajstić information content (AvgIpc) is 2.14. The molecule has 0 saturated carbocycles. The summed E-state index contributed by atoms with van der Waals surface area (Å²) in [5.74, 6) is -1.56. The first kappa shape index (κ1) is 13.8. The molecule has 0 radical (unpaired) electrons. The Morgan fingerprint density at radius 2 is 2.12 bits per heavy atom. The van der Waals surface area contributed by atoms with Crippen molar-refractivity contribution in [2.45, 2.75) is 25.7 Å². The van der Waals surface area contributed by atoms with E-state index in [4.69, 9.17) is 21.4 Å². The summed E-state index contributed by atoms with van der Waals surface area (Å²) in [6, 6.07) is 2.79. The third kappa shape index (κ3) is 3.09. The second kappa shape index (κ2) is 4.92. The van der Waals surface area contributed by atoms with Crippen molar-refractivity contribution < 1.29 is 19.0 Å². The highest BCUT2D eigenvalue weighted by atomic mass is 35.5. The van der Waals surface area contributed by atoms with Gasteiger partial charge in [0, 0.05) is 5.41 Å². The third-order valence-corrected chi connectivity index (χ3v) is 2.86. The summed E-state index contributed by atoms with van der Waals surface area (Å²) in [5.41, 5.74) is -0.161. The molecule has 1 aromatic rings. The van der Waals surface area contributed by atoms with Crippen LogP contribution in [0.3, 0.4) is 0 Å². The average molecular weight is 261 g/mol. The van der Waals surface area contributed by atoms with Crippen molar-refractivity contribution >= 4 is 17.6 Å². The minimum atomic E-state index is -0.942. The number of aliphatic carboxylic acids is 1. The number of ether oxygens (including phenoxy) is 1. The van der Waals surface area contributed by atoms with Crippen molar-refractivity contribution in [2.24, 2.45) is 0 Å². The highest BCUT2D eigenvalue weighted by molar-refractivity contribution is 6.32. The number of methoxy groups -OCH3 is 1. The summed E-state index contributed by atoms with van der Waals surface area (Å²) >= 11 is 5.86. The maximum atomic E-state index is 13.6. The molecule has 5 heteroatoms. The standard InChI is InChI=1S/C12H14ClFO3/c1-12(2,6-10(15)16)7-4-8(13)11(17-3)9(14)5-7/h4-5H,6H2,1-3H3,(H,15,16). The fraction of sp³-hybridized carbons (Fsp3) is 0.417. The zero-order valence-corrected chi connectivity index (χ0v) is 10.6. The molecule has 0 bridgehead atoms. The maximum Gasteiger partial charge on any atom is 0.304 e. The van der Waals surface area contributed by atoms with Crippen molar-refractivity contribution in [2.75, 3.05) is 7.11 Å². The van der Waals surface area contributed by atoms with Gasteiger partial charge in [0.1, 0.15) is 0 Å². The zero-order chi connectivity index (χ0) is 13.2. The van der Waals surface area contributed by atoms with Gasteiger partial charge in [0.2, 0.25) is 0 Å². The van der Waals surface area contributed by atoms with Gasteiger partial charge in [-0.1, -0.05) is 25.4 Å². The van der Waals surface area contributed by atoms with Crippen LogP contribution in [0.25, 0.3) is 0 Å². The van der Waals surface area contributed by atoms with Gasteiger partial charge in [0.25, 0.3) is 0 Å². The van der Waals surface area contributed by atoms with Gasteiger partial charge in [0.05, 0.1) is 18.6 Å². The van der Waals surface area contributed by atoms with Gasteiger partial charge in [-0.25, -0.2) is 4.39 Å². The Balaban J connectivity index is 3.20. The van der Waals surface area contributed by atoms with Crippen LogP contribution in [0.4, 0.5) is 4.39 Å². The van der Waals surface area contributed by atoms with Gasteiger partial charge in [0.15, 0.2) is 11.6 Å². The van der Waals surface area contributed by atoms with Crippen LogP contribution in [0, 0.1) is 5.82 Å². The molecule has 0 saturated heterocycles. The minimum Gasteiger partial charge on any atom is -0.492 e. The van der Waals surface area contributed by atoms with Crippen molar-refractivity contribution in [3.05, 3.63) is 28.5 Å². The Kier molecular flexibility index (Phi) is 3.98. The predicted octanol–water partition coefficient (Wildman–Crippen LogP) is 3.24. The molecule has 0 aliphatic carbocycles. The number of carboxylic acids is 1. The molecule has 1 rings (SSSR count). The third-order valence-electron chi connectivity index (χ3n) is 2.58. The van der Waals surface area contributed by atoms with Gasteiger partial charge in [-0.15, -0.1) is 0 Å². The van der Waals surface area contributed by atoms with E-state index in [1.54, 1.807) is 13.8 Å². The van der Waals surface area contributed by atoms with Gasteiger partial charge in [-0.3, -0.25) is 4.79 Å². The molecule has 0 aliphatic heterocycles. The fourth-order valence-corrected chi connectivity index (χ4v) is 1.91. The Hall–Kier alpha value is -1.29. The van der Waals surface area contributed by atoms with Gasteiger partial charge >= 0.3 is 5.97 Å². The number of halogens is 2. The molecule has 0 aromatic heterocycles. The molecule has 1 N–H and O–H groups in total. The van der Waals surface area contributed by atoms with E-state index in [9.17, 15) is 9.18 Å². The number of hydrogen-bond acceptors (Lipinski definition) is 2. The molecule has 1 aromatic carbocycles. The number of carboxylic acid groups (broad SMARTS) is 1. The Morgan fingerprint density at radius 3 is 2.53 bits per heavy atom. The van der Waals surface area contributed by atoms with Crippen LogP contribution in [0.5, 0.6) is 5.75 Å². The van der Waals surface area contributed by atoms with E-state index in [0.29, 0.717) is 5.56 Å². The van der Waals surface area contributed by atoms with Crippen molar-refractivity contribution in [1.82, 2.24) is 0 Å². The lowest BCUT2D eigenvalue weighted by Crippen LogP contribution is -2.22. The molecule has 94 valence electrons. The van der Waals surface area contributed by atoms with Crippen LogP contribution < -0.4 is 4.74 Å². The van der Waals surface area contributed by atoms with Crippen molar-refractivity contribution in [3.8, 4) is 5.75 Å². The van der Waals surface area contributed by atoms with E-state index in [1.807, 2.05) is 0 Å². The summed E-state index contributed by atoms with van der Waals surface area (Å²) in [5, 5.41) is 8.94. The maximum absolute atomic E-state index is 13.6. The largest absolute Gasteiger partial charge is 0.492 e. The molecule has 3 nitrogen and oxygen atoms in total. The molecule has 0 aliphatic rings. The molecular weight excluding hydrogens is 247 g/mol. The normalized spacial score (nSPS) is 11.4. The van der Waals surface area contributed by atoms with Gasteiger partial charge < -0.3 is 9.84 Å². The van der Waals surface area contributed by atoms with Crippen LogP contribution >= 0.6 is 11.6 Å². The number of carbonyl (C=O) groups is 1. The van der Waals surface area contributed by atoms with Crippen LogP contribution in [0.15, 0.2) is 12.1 Å². The van der Waals surface area contributed by atoms with Gasteiger partial charge in [-0.2, -0.15) is 0 Å². The number of rotatable bonds is 4. The van der Waals surface area contributed by atoms with Crippen molar-refractivity contribution in [1.29, 1.82) is 0 Å². The highest BCUT2D eigenvalue weighted by Gasteiger charge is 2.26. The molecule has 0 fully saturated rings. The lowest BCUT2D eigenvalue weighted by molar-refractivity contribution is -0.138. The lowest BCUT2D eigenvalue weighted by Gasteiger charge is -2.24. The molecule has 0 amide bonds. The molecule has 0 heterocycles. The Morgan fingerprint density at radius 1 is 1.53 bits per heavy atom. The minimum absolute atomic E-state index is 0.0264. The first-order chi connectivity index (χ1) is 7.77. The molecule has 0 atom stereocenters. The molecule has 0 spiro atoms. The molecule has 0 unspecified atom stereocenters. The summed E-state index contributed by atoms with van der Waals surface area (Å²) < 4.78 is 18.4.